The van der Waals surface area contributed by atoms with E-state index in [4.69, 9.17) is 11.6 Å². The molecule has 1 amide bonds. The van der Waals surface area contributed by atoms with Crippen molar-refractivity contribution < 1.29 is 9.90 Å². The predicted molar refractivity (Wildman–Crippen MR) is 97.3 cm³/mol. The molecule has 0 atom stereocenters. The zero-order valence-corrected chi connectivity index (χ0v) is 14.1. The molecule has 0 fully saturated rings. The summed E-state index contributed by atoms with van der Waals surface area (Å²) in [5.74, 6) is -0.416. The molecule has 24 heavy (non-hydrogen) atoms. The molecule has 122 valence electrons. The van der Waals surface area contributed by atoms with Crippen LogP contribution in [-0.2, 0) is 11.2 Å². The predicted octanol–water partition coefficient (Wildman–Crippen LogP) is 4.43. The number of hydrogen-bond donors (Lipinski definition) is 3. The van der Waals surface area contributed by atoms with E-state index < -0.39 is 0 Å². The summed E-state index contributed by atoms with van der Waals surface area (Å²) in [6.45, 7) is 0. The fourth-order valence-corrected chi connectivity index (χ4v) is 3.12. The van der Waals surface area contributed by atoms with Crippen molar-refractivity contribution in [1.82, 2.24) is 4.98 Å². The quantitative estimate of drug-likeness (QED) is 0.630. The van der Waals surface area contributed by atoms with E-state index in [1.807, 2.05) is 30.3 Å². The van der Waals surface area contributed by atoms with Crippen molar-refractivity contribution in [3.05, 3.63) is 64.5 Å². The summed E-state index contributed by atoms with van der Waals surface area (Å²) >= 11 is 7.24. The van der Waals surface area contributed by atoms with Gasteiger partial charge in [-0.2, -0.15) is 4.98 Å². The monoisotopic (exact) mass is 359 g/mol. The van der Waals surface area contributed by atoms with Gasteiger partial charge in [0.15, 0.2) is 5.13 Å². The van der Waals surface area contributed by atoms with Gasteiger partial charge in [0.2, 0.25) is 11.8 Å². The van der Waals surface area contributed by atoms with Gasteiger partial charge < -0.3 is 15.7 Å². The molecule has 0 saturated heterocycles. The zero-order valence-electron chi connectivity index (χ0n) is 12.5. The Balaban J connectivity index is 1.67. The van der Waals surface area contributed by atoms with Crippen molar-refractivity contribution in [2.24, 2.45) is 0 Å². The highest BCUT2D eigenvalue weighted by atomic mass is 35.5. The Morgan fingerprint density at radius 3 is 2.58 bits per heavy atom. The van der Waals surface area contributed by atoms with Gasteiger partial charge >= 0.3 is 0 Å². The van der Waals surface area contributed by atoms with E-state index in [-0.39, 0.29) is 18.2 Å². The van der Waals surface area contributed by atoms with E-state index in [9.17, 15) is 9.90 Å². The molecular weight excluding hydrogens is 346 g/mol. The number of para-hydroxylation sites is 2. The number of anilines is 3. The Bertz CT molecular complexity index is 852. The third kappa shape index (κ3) is 4.04. The standard InChI is InChI=1S/C17H14ClN3O2S/c18-12-8-4-5-9-13(12)20-15(22)10-14-16(23)21-17(24-14)19-11-6-2-1-3-7-11/h1-9,23H,10H2,(H,19,21)(H,20,22). The number of hydrogen-bond acceptors (Lipinski definition) is 5. The molecule has 1 heterocycles. The molecule has 0 saturated carbocycles. The Kier molecular flexibility index (Phi) is 4.98. The topological polar surface area (TPSA) is 74.2 Å². The molecule has 3 rings (SSSR count). The lowest BCUT2D eigenvalue weighted by molar-refractivity contribution is -0.115. The van der Waals surface area contributed by atoms with Gasteiger partial charge in [-0.15, -0.1) is 0 Å². The smallest absolute Gasteiger partial charge is 0.229 e. The molecule has 0 aliphatic carbocycles. The normalized spacial score (nSPS) is 10.4. The van der Waals surface area contributed by atoms with E-state index >= 15 is 0 Å². The molecule has 0 unspecified atom stereocenters. The van der Waals surface area contributed by atoms with E-state index in [2.05, 4.69) is 15.6 Å². The largest absolute Gasteiger partial charge is 0.492 e. The maximum absolute atomic E-state index is 12.1. The first-order valence-electron chi connectivity index (χ1n) is 7.17. The fourth-order valence-electron chi connectivity index (χ4n) is 2.06. The van der Waals surface area contributed by atoms with E-state index in [1.165, 1.54) is 11.3 Å². The van der Waals surface area contributed by atoms with Crippen molar-refractivity contribution in [2.75, 3.05) is 10.6 Å². The lowest BCUT2D eigenvalue weighted by Gasteiger charge is -2.05. The molecule has 5 nitrogen and oxygen atoms in total. The van der Waals surface area contributed by atoms with Crippen molar-refractivity contribution in [3.8, 4) is 5.88 Å². The minimum atomic E-state index is -0.270. The van der Waals surface area contributed by atoms with Crippen molar-refractivity contribution in [2.45, 2.75) is 6.42 Å². The van der Waals surface area contributed by atoms with E-state index in [0.717, 1.165) is 5.69 Å². The summed E-state index contributed by atoms with van der Waals surface area (Å²) in [5, 5.41) is 16.7. The lowest BCUT2D eigenvalue weighted by atomic mass is 10.3. The highest BCUT2D eigenvalue weighted by Gasteiger charge is 2.15. The number of nitrogens with zero attached hydrogens (tertiary/aromatic N) is 1. The number of nitrogens with one attached hydrogen (secondary N) is 2. The first-order chi connectivity index (χ1) is 11.6. The fraction of sp³-hybridized carbons (Fsp3) is 0.0588. The van der Waals surface area contributed by atoms with Crippen molar-refractivity contribution in [3.63, 3.8) is 0 Å². The first kappa shape index (κ1) is 16.3. The van der Waals surface area contributed by atoms with Gasteiger partial charge in [-0.1, -0.05) is 53.3 Å². The summed E-state index contributed by atoms with van der Waals surface area (Å²) in [6, 6.07) is 16.5. The average molecular weight is 360 g/mol. The molecular formula is C17H14ClN3O2S. The van der Waals surface area contributed by atoms with Gasteiger partial charge in [-0.25, -0.2) is 0 Å². The van der Waals surface area contributed by atoms with Crippen LogP contribution in [0, 0.1) is 0 Å². The molecule has 2 aromatic carbocycles. The molecule has 3 N–H and O–H groups in total. The zero-order chi connectivity index (χ0) is 16.9. The number of carbonyl (C=O) groups is 1. The van der Waals surface area contributed by atoms with E-state index in [1.54, 1.807) is 24.3 Å². The van der Waals surface area contributed by atoms with Crippen LogP contribution in [0.25, 0.3) is 0 Å². The van der Waals surface area contributed by atoms with Gasteiger partial charge in [0.25, 0.3) is 0 Å². The molecule has 1 aromatic heterocycles. The Labute approximate surface area is 147 Å². The molecule has 0 aliphatic heterocycles. The number of carbonyl (C=O) groups excluding carboxylic acids is 1. The second-order valence-corrected chi connectivity index (χ2v) is 6.45. The summed E-state index contributed by atoms with van der Waals surface area (Å²) in [5.41, 5.74) is 1.40. The Hall–Kier alpha value is -2.57. The highest BCUT2D eigenvalue weighted by molar-refractivity contribution is 7.16. The first-order valence-corrected chi connectivity index (χ1v) is 8.36. The van der Waals surface area contributed by atoms with Crippen LogP contribution in [-0.4, -0.2) is 16.0 Å². The number of halogens is 1. The highest BCUT2D eigenvalue weighted by Crippen LogP contribution is 2.31. The Morgan fingerprint density at radius 1 is 1.12 bits per heavy atom. The minimum Gasteiger partial charge on any atom is -0.492 e. The van der Waals surface area contributed by atoms with Crippen LogP contribution in [0.3, 0.4) is 0 Å². The number of aromatic nitrogens is 1. The number of benzene rings is 2. The van der Waals surface area contributed by atoms with Crippen molar-refractivity contribution >= 4 is 45.4 Å². The van der Waals surface area contributed by atoms with Gasteiger partial charge in [-0.05, 0) is 24.3 Å². The van der Waals surface area contributed by atoms with Crippen molar-refractivity contribution in [1.29, 1.82) is 0 Å². The van der Waals surface area contributed by atoms with Gasteiger partial charge in [0.1, 0.15) is 0 Å². The summed E-state index contributed by atoms with van der Waals surface area (Å²) in [4.78, 5) is 16.7. The maximum atomic E-state index is 12.1. The third-order valence-electron chi connectivity index (χ3n) is 3.17. The second-order valence-electron chi connectivity index (χ2n) is 4.96. The number of amides is 1. The summed E-state index contributed by atoms with van der Waals surface area (Å²) < 4.78 is 0. The van der Waals surface area contributed by atoms with E-state index in [0.29, 0.717) is 20.7 Å². The number of thiazole rings is 1. The van der Waals surface area contributed by atoms with Crippen LogP contribution in [0.15, 0.2) is 54.6 Å². The van der Waals surface area contributed by atoms with Crippen LogP contribution >= 0.6 is 22.9 Å². The van der Waals surface area contributed by atoms with Gasteiger partial charge in [0.05, 0.1) is 22.0 Å². The second kappa shape index (κ2) is 7.33. The molecule has 0 aliphatic rings. The SMILES string of the molecule is O=C(Cc1sc(Nc2ccccc2)nc1O)Nc1ccccc1Cl. The molecule has 3 aromatic rings. The number of rotatable bonds is 5. The maximum Gasteiger partial charge on any atom is 0.229 e. The van der Waals surface area contributed by atoms with Crippen LogP contribution in [0.4, 0.5) is 16.5 Å². The Morgan fingerprint density at radius 2 is 1.83 bits per heavy atom. The summed E-state index contributed by atoms with van der Waals surface area (Å²) in [6.07, 6.45) is 0.0190. The average Bonchev–Trinajstić information content (AvgIpc) is 2.90. The molecule has 0 bridgehead atoms. The minimum absolute atomic E-state index is 0.0190. The third-order valence-corrected chi connectivity index (χ3v) is 4.46. The van der Waals surface area contributed by atoms with Gasteiger partial charge in [-0.3, -0.25) is 4.79 Å². The van der Waals surface area contributed by atoms with Crippen LogP contribution in [0.2, 0.25) is 5.02 Å². The van der Waals surface area contributed by atoms with Gasteiger partial charge in [0, 0.05) is 5.69 Å². The number of aromatic hydroxyl groups is 1. The van der Waals surface area contributed by atoms with Crippen LogP contribution in [0.5, 0.6) is 5.88 Å². The molecule has 0 radical (unpaired) electrons. The molecule has 7 heteroatoms. The van der Waals surface area contributed by atoms with Crippen LogP contribution in [0.1, 0.15) is 4.88 Å². The van der Waals surface area contributed by atoms with Crippen LogP contribution < -0.4 is 10.6 Å². The summed E-state index contributed by atoms with van der Waals surface area (Å²) in [7, 11) is 0. The molecule has 0 spiro atoms. The lowest BCUT2D eigenvalue weighted by Crippen LogP contribution is -2.14.